The molecule has 1 aromatic heterocycles. The van der Waals surface area contributed by atoms with E-state index in [1.54, 1.807) is 13.0 Å². The quantitative estimate of drug-likeness (QED) is 0.178. The highest BCUT2D eigenvalue weighted by Gasteiger charge is 2.39. The molecule has 5 atom stereocenters. The number of aromatic nitrogens is 2. The molecule has 0 saturated heterocycles. The van der Waals surface area contributed by atoms with E-state index in [-0.39, 0.29) is 41.9 Å². The van der Waals surface area contributed by atoms with Gasteiger partial charge in [-0.3, -0.25) is 14.3 Å². The monoisotopic (exact) mass is 700 g/mol. The van der Waals surface area contributed by atoms with Gasteiger partial charge in [0.1, 0.15) is 22.9 Å². The third-order valence-corrected chi connectivity index (χ3v) is 9.83. The van der Waals surface area contributed by atoms with E-state index >= 15 is 4.39 Å². The van der Waals surface area contributed by atoms with Crippen molar-refractivity contribution < 1.29 is 40.3 Å². The lowest BCUT2D eigenvalue weighted by Crippen LogP contribution is -2.56. The molecule has 2 aromatic carbocycles. The summed E-state index contributed by atoms with van der Waals surface area (Å²) in [6, 6.07) is 5.77. The summed E-state index contributed by atoms with van der Waals surface area (Å²) in [4.78, 5) is 32.3. The molecule has 1 saturated carbocycles. The van der Waals surface area contributed by atoms with Crippen LogP contribution in [0.15, 0.2) is 59.9 Å². The molecule has 0 aliphatic heterocycles. The third-order valence-electron chi connectivity index (χ3n) is 8.15. The summed E-state index contributed by atoms with van der Waals surface area (Å²) in [6.45, 7) is 1.75. The Bertz CT molecular complexity index is 1680. The van der Waals surface area contributed by atoms with Crippen molar-refractivity contribution in [3.05, 3.63) is 77.0 Å². The highest BCUT2D eigenvalue weighted by Crippen LogP contribution is 2.40. The second-order valence-corrected chi connectivity index (χ2v) is 13.4. The minimum atomic E-state index is -4.54. The molecule has 11 nitrogen and oxygen atoms in total. The number of anilines is 2. The first kappa shape index (κ1) is 35.8. The van der Waals surface area contributed by atoms with Gasteiger partial charge in [0.05, 0.1) is 35.0 Å². The Hall–Kier alpha value is -4.02. The number of hydrogen-bond donors (Lipinski definition) is 3. The zero-order chi connectivity index (χ0) is 34.5. The van der Waals surface area contributed by atoms with E-state index in [9.17, 15) is 31.2 Å². The molecule has 47 heavy (non-hydrogen) atoms. The molecule has 0 radical (unpaired) electrons. The van der Waals surface area contributed by atoms with Gasteiger partial charge in [-0.05, 0) is 55.0 Å². The van der Waals surface area contributed by atoms with Crippen LogP contribution in [-0.2, 0) is 30.5 Å². The van der Waals surface area contributed by atoms with Gasteiger partial charge in [-0.1, -0.05) is 36.7 Å². The summed E-state index contributed by atoms with van der Waals surface area (Å²) in [5.41, 5.74) is 5.88. The number of nitrogens with zero attached hydrogens (tertiary/aromatic N) is 3. The van der Waals surface area contributed by atoms with Gasteiger partial charge < -0.3 is 20.7 Å². The van der Waals surface area contributed by atoms with Gasteiger partial charge in [0.2, 0.25) is 5.91 Å². The Labute approximate surface area is 273 Å². The van der Waals surface area contributed by atoms with E-state index in [1.165, 1.54) is 30.3 Å². The summed E-state index contributed by atoms with van der Waals surface area (Å²) >= 11 is 6.45. The van der Waals surface area contributed by atoms with Crippen LogP contribution >= 0.6 is 11.6 Å². The molecular formula is C30H33ClF4N6O5S. The first-order valence-electron chi connectivity index (χ1n) is 14.4. The van der Waals surface area contributed by atoms with E-state index in [0.717, 1.165) is 30.6 Å². The molecule has 17 heteroatoms. The van der Waals surface area contributed by atoms with Crippen molar-refractivity contribution in [2.45, 2.75) is 61.3 Å². The number of benzene rings is 2. The number of carbonyl (C=O) groups excluding carboxylic acids is 2. The van der Waals surface area contributed by atoms with Gasteiger partial charge in [0, 0.05) is 25.2 Å². The van der Waals surface area contributed by atoms with Gasteiger partial charge in [0.25, 0.3) is 16.5 Å². The topological polar surface area (TPSA) is 157 Å². The van der Waals surface area contributed by atoms with Crippen LogP contribution in [-0.4, -0.2) is 67.4 Å². The van der Waals surface area contributed by atoms with Crippen LogP contribution in [0, 0.1) is 11.7 Å². The van der Waals surface area contributed by atoms with Crippen LogP contribution in [0.1, 0.15) is 43.2 Å². The van der Waals surface area contributed by atoms with E-state index in [4.69, 9.17) is 22.1 Å². The second-order valence-electron chi connectivity index (χ2n) is 11.3. The number of hydrogen-bond acceptors (Lipinski definition) is 9. The average Bonchev–Trinajstić information content (AvgIpc) is 3.04. The summed E-state index contributed by atoms with van der Waals surface area (Å²) in [5.74, 6) is -2.66. The molecule has 4 rings (SSSR count). The van der Waals surface area contributed by atoms with Crippen molar-refractivity contribution in [2.75, 3.05) is 23.7 Å². The van der Waals surface area contributed by atoms with Gasteiger partial charge in [-0.15, -0.1) is 0 Å². The molecular weight excluding hydrogens is 668 g/mol. The smallest absolute Gasteiger partial charge is 0.416 e. The highest BCUT2D eigenvalue weighted by atomic mass is 35.5. The molecule has 0 spiro atoms. The van der Waals surface area contributed by atoms with Crippen molar-refractivity contribution in [3.63, 3.8) is 0 Å². The maximum Gasteiger partial charge on any atom is 0.416 e. The third kappa shape index (κ3) is 8.67. The van der Waals surface area contributed by atoms with Crippen molar-refractivity contribution in [1.29, 1.82) is 0 Å². The molecule has 254 valence electrons. The van der Waals surface area contributed by atoms with Crippen LogP contribution in [0.3, 0.4) is 0 Å². The van der Waals surface area contributed by atoms with Crippen LogP contribution in [0.5, 0.6) is 0 Å². The number of nitrogens with one attached hydrogen (secondary N) is 2. The Morgan fingerprint density at radius 2 is 1.98 bits per heavy atom. The summed E-state index contributed by atoms with van der Waals surface area (Å²) < 4.78 is 88.5. The normalized spacial score (nSPS) is 19.7. The molecule has 1 aliphatic rings. The summed E-state index contributed by atoms with van der Waals surface area (Å²) in [7, 11) is -2.93. The lowest BCUT2D eigenvalue weighted by Gasteiger charge is -2.43. The minimum Gasteiger partial charge on any atom is -0.468 e. The minimum absolute atomic E-state index is 0.0376. The Morgan fingerprint density at radius 1 is 1.23 bits per heavy atom. The highest BCUT2D eigenvalue weighted by molar-refractivity contribution is 7.92. The van der Waals surface area contributed by atoms with Crippen molar-refractivity contribution >= 4 is 45.5 Å². The van der Waals surface area contributed by atoms with Crippen molar-refractivity contribution in [2.24, 2.45) is 11.7 Å². The number of alkyl halides is 3. The van der Waals surface area contributed by atoms with Gasteiger partial charge in [0.15, 0.2) is 0 Å². The lowest BCUT2D eigenvalue weighted by atomic mass is 9.77. The molecule has 1 heterocycles. The Balaban J connectivity index is 1.63. The first-order valence-corrected chi connectivity index (χ1v) is 16.3. The molecule has 1 fully saturated rings. The number of ether oxygens (including phenoxy) is 1. The number of halogens is 5. The number of sulfonamides is 1. The molecule has 1 aliphatic carbocycles. The fourth-order valence-corrected chi connectivity index (χ4v) is 6.92. The average molecular weight is 701 g/mol. The lowest BCUT2D eigenvalue weighted by molar-refractivity contribution is -0.138. The van der Waals surface area contributed by atoms with Gasteiger partial charge in [-0.2, -0.15) is 13.2 Å². The standard InChI is InChI=1S/C30H33ClF4N6O5S/c1-17(14-46-16-42)28(36)29(43)41(2)25-11-19(18-4-3-5-20(10-18)30(33,34)35)6-7-23(25)39-24-13-22(32)26(12-21(24)31)47(44,45)40-27-8-9-37-15-38-27/h3-5,8-10,12-13,15-17,19,23,25,28,39H,6-7,11,14,36H2,1-2H3,(H,37,38,40)/t17?,19-,23?,25?,28-/m0/s1. The number of likely N-dealkylation sites (N-methyl/N-ethyl adjacent to an activating group) is 1. The molecule has 3 aromatic rings. The number of amides is 1. The fourth-order valence-electron chi connectivity index (χ4n) is 5.54. The van der Waals surface area contributed by atoms with Crippen LogP contribution in [0.25, 0.3) is 0 Å². The summed E-state index contributed by atoms with van der Waals surface area (Å²) in [6.07, 6.45) is -1.20. The molecule has 3 unspecified atom stereocenters. The van der Waals surface area contributed by atoms with Crippen LogP contribution in [0.2, 0.25) is 5.02 Å². The summed E-state index contributed by atoms with van der Waals surface area (Å²) in [5, 5.41) is 2.98. The van der Waals surface area contributed by atoms with E-state index < -0.39 is 62.4 Å². The SMILES string of the molecule is CC(COC=O)[C@H](N)C(=O)N(C)C1C[C@@H](c2cccc(C(F)(F)F)c2)CCC1Nc1cc(F)c(S(=O)(=O)Nc2ccncn2)cc1Cl. The van der Waals surface area contributed by atoms with Crippen LogP contribution in [0.4, 0.5) is 29.1 Å². The number of rotatable bonds is 12. The maximum atomic E-state index is 15.3. The zero-order valence-electron chi connectivity index (χ0n) is 25.2. The zero-order valence-corrected chi connectivity index (χ0v) is 26.8. The molecule has 4 N–H and O–H groups in total. The number of nitrogens with two attached hydrogens (primary N) is 1. The number of carbonyl (C=O) groups is 2. The Kier molecular flexibility index (Phi) is 11.3. The predicted octanol–water partition coefficient (Wildman–Crippen LogP) is 4.80. The second kappa shape index (κ2) is 14.8. The predicted molar refractivity (Wildman–Crippen MR) is 165 cm³/mol. The maximum absolute atomic E-state index is 15.3. The van der Waals surface area contributed by atoms with Gasteiger partial charge >= 0.3 is 6.18 Å². The van der Waals surface area contributed by atoms with E-state index in [0.29, 0.717) is 18.4 Å². The van der Waals surface area contributed by atoms with Crippen molar-refractivity contribution in [1.82, 2.24) is 14.9 Å². The Morgan fingerprint density at radius 3 is 2.64 bits per heavy atom. The largest absolute Gasteiger partial charge is 0.468 e. The van der Waals surface area contributed by atoms with Crippen LogP contribution < -0.4 is 15.8 Å². The fraction of sp³-hybridized carbons (Fsp3) is 0.400. The molecule has 0 bridgehead atoms. The van der Waals surface area contributed by atoms with Crippen molar-refractivity contribution in [3.8, 4) is 0 Å². The first-order chi connectivity index (χ1) is 22.1. The molecule has 1 amide bonds. The van der Waals surface area contributed by atoms with E-state index in [1.807, 2.05) is 0 Å². The van der Waals surface area contributed by atoms with Gasteiger partial charge in [-0.25, -0.2) is 22.8 Å². The van der Waals surface area contributed by atoms with E-state index in [2.05, 4.69) is 20.0 Å².